The molecule has 0 saturated heterocycles. The van der Waals surface area contributed by atoms with Gasteiger partial charge < -0.3 is 5.32 Å². The molecular formula is C20H22N4. The third-order valence-electron chi connectivity index (χ3n) is 4.82. The standard InChI is InChI=1S/C20H22N4/c1-12-6-5-7-13(2)19(12)17-11-24(23-15(17)4)18-8-9-21-20-16(18)10-14(3)22-20/h5-9,11,14H,10H2,1-4H3,(H,21,22). The van der Waals surface area contributed by atoms with Crippen molar-refractivity contribution in [2.45, 2.75) is 40.2 Å². The first-order chi connectivity index (χ1) is 11.5. The second-order valence-electron chi connectivity index (χ2n) is 6.75. The third kappa shape index (κ3) is 2.30. The summed E-state index contributed by atoms with van der Waals surface area (Å²) in [4.78, 5) is 4.46. The molecule has 0 aliphatic carbocycles. The minimum atomic E-state index is 0.420. The Morgan fingerprint density at radius 1 is 1.12 bits per heavy atom. The molecule has 2 aromatic heterocycles. The molecule has 1 N–H and O–H groups in total. The van der Waals surface area contributed by atoms with Crippen molar-refractivity contribution in [2.24, 2.45) is 0 Å². The van der Waals surface area contributed by atoms with E-state index in [0.29, 0.717) is 6.04 Å². The Balaban J connectivity index is 1.86. The van der Waals surface area contributed by atoms with Crippen LogP contribution in [-0.4, -0.2) is 20.8 Å². The van der Waals surface area contributed by atoms with Gasteiger partial charge in [0, 0.05) is 29.6 Å². The Kier molecular flexibility index (Phi) is 3.41. The van der Waals surface area contributed by atoms with Crippen molar-refractivity contribution in [3.8, 4) is 16.8 Å². The smallest absolute Gasteiger partial charge is 0.131 e. The summed E-state index contributed by atoms with van der Waals surface area (Å²) in [5.41, 5.74) is 8.49. The lowest BCUT2D eigenvalue weighted by Gasteiger charge is -2.08. The molecule has 3 aromatic rings. The van der Waals surface area contributed by atoms with Crippen molar-refractivity contribution in [1.82, 2.24) is 14.8 Å². The minimum Gasteiger partial charge on any atom is -0.367 e. The second kappa shape index (κ2) is 5.48. The van der Waals surface area contributed by atoms with E-state index in [9.17, 15) is 0 Å². The topological polar surface area (TPSA) is 42.7 Å². The lowest BCUT2D eigenvalue weighted by atomic mass is 9.96. The molecule has 4 rings (SSSR count). The van der Waals surface area contributed by atoms with E-state index in [-0.39, 0.29) is 0 Å². The van der Waals surface area contributed by atoms with Crippen molar-refractivity contribution >= 4 is 5.82 Å². The van der Waals surface area contributed by atoms with E-state index in [1.165, 1.54) is 27.8 Å². The molecule has 1 aliphatic rings. The van der Waals surface area contributed by atoms with E-state index in [2.05, 4.69) is 68.5 Å². The van der Waals surface area contributed by atoms with Gasteiger partial charge in [-0.15, -0.1) is 0 Å². The summed E-state index contributed by atoms with van der Waals surface area (Å²) in [6.07, 6.45) is 4.99. The fraction of sp³-hybridized carbons (Fsp3) is 0.300. The Bertz CT molecular complexity index is 903. The highest BCUT2D eigenvalue weighted by atomic mass is 15.3. The third-order valence-corrected chi connectivity index (χ3v) is 4.82. The number of anilines is 1. The van der Waals surface area contributed by atoms with Crippen LogP contribution in [0.15, 0.2) is 36.7 Å². The molecule has 1 aromatic carbocycles. The number of pyridine rings is 1. The highest BCUT2D eigenvalue weighted by Crippen LogP contribution is 2.33. The molecule has 0 amide bonds. The SMILES string of the molecule is Cc1cccc(C)c1-c1cn(-c2ccnc3c2CC(C)N3)nc1C. The van der Waals surface area contributed by atoms with Gasteiger partial charge in [0.1, 0.15) is 5.82 Å². The van der Waals surface area contributed by atoms with E-state index in [1.54, 1.807) is 0 Å². The van der Waals surface area contributed by atoms with E-state index in [0.717, 1.165) is 23.6 Å². The Hall–Kier alpha value is -2.62. The summed E-state index contributed by atoms with van der Waals surface area (Å²) < 4.78 is 2.01. The molecule has 0 saturated carbocycles. The monoisotopic (exact) mass is 318 g/mol. The second-order valence-corrected chi connectivity index (χ2v) is 6.75. The van der Waals surface area contributed by atoms with Gasteiger partial charge in [0.05, 0.1) is 11.4 Å². The molecule has 4 nitrogen and oxygen atoms in total. The molecule has 4 heteroatoms. The van der Waals surface area contributed by atoms with Crippen molar-refractivity contribution in [1.29, 1.82) is 0 Å². The summed E-state index contributed by atoms with van der Waals surface area (Å²) >= 11 is 0. The van der Waals surface area contributed by atoms with E-state index < -0.39 is 0 Å². The van der Waals surface area contributed by atoms with Crippen molar-refractivity contribution in [3.05, 3.63) is 59.0 Å². The molecule has 1 unspecified atom stereocenters. The van der Waals surface area contributed by atoms with Gasteiger partial charge in [-0.2, -0.15) is 5.10 Å². The van der Waals surface area contributed by atoms with Crippen LogP contribution in [0.4, 0.5) is 5.82 Å². The zero-order valence-corrected chi connectivity index (χ0v) is 14.6. The van der Waals surface area contributed by atoms with Gasteiger partial charge in [-0.25, -0.2) is 9.67 Å². The van der Waals surface area contributed by atoms with Crippen LogP contribution < -0.4 is 5.32 Å². The largest absolute Gasteiger partial charge is 0.367 e. The highest BCUT2D eigenvalue weighted by molar-refractivity contribution is 5.73. The van der Waals surface area contributed by atoms with Crippen LogP contribution in [0.5, 0.6) is 0 Å². The van der Waals surface area contributed by atoms with Crippen LogP contribution >= 0.6 is 0 Å². The average molecular weight is 318 g/mol. The van der Waals surface area contributed by atoms with Crippen molar-refractivity contribution in [2.75, 3.05) is 5.32 Å². The summed E-state index contributed by atoms with van der Waals surface area (Å²) in [7, 11) is 0. The van der Waals surface area contributed by atoms with Crippen molar-refractivity contribution < 1.29 is 0 Å². The van der Waals surface area contributed by atoms with Crippen LogP contribution in [0.3, 0.4) is 0 Å². The Labute approximate surface area is 142 Å². The van der Waals surface area contributed by atoms with Gasteiger partial charge in [0.15, 0.2) is 0 Å². The highest BCUT2D eigenvalue weighted by Gasteiger charge is 2.23. The zero-order chi connectivity index (χ0) is 16.8. The number of nitrogens with one attached hydrogen (secondary N) is 1. The molecule has 1 aliphatic heterocycles. The maximum absolute atomic E-state index is 4.80. The summed E-state index contributed by atoms with van der Waals surface area (Å²) in [6.45, 7) is 8.59. The predicted molar refractivity (Wildman–Crippen MR) is 97.8 cm³/mol. The summed E-state index contributed by atoms with van der Waals surface area (Å²) in [5.74, 6) is 0.988. The van der Waals surface area contributed by atoms with Gasteiger partial charge in [0.25, 0.3) is 0 Å². The number of aromatic nitrogens is 3. The maximum atomic E-state index is 4.80. The van der Waals surface area contributed by atoms with Crippen LogP contribution in [0.1, 0.15) is 29.3 Å². The van der Waals surface area contributed by atoms with Gasteiger partial charge in [0.2, 0.25) is 0 Å². The van der Waals surface area contributed by atoms with E-state index in [1.807, 2.05) is 10.9 Å². The first-order valence-electron chi connectivity index (χ1n) is 8.42. The molecule has 24 heavy (non-hydrogen) atoms. The van der Waals surface area contributed by atoms with Crippen molar-refractivity contribution in [3.63, 3.8) is 0 Å². The Morgan fingerprint density at radius 3 is 2.62 bits per heavy atom. The number of hydrogen-bond acceptors (Lipinski definition) is 3. The number of nitrogens with zero attached hydrogens (tertiary/aromatic N) is 3. The van der Waals surface area contributed by atoms with Crippen LogP contribution in [0.2, 0.25) is 0 Å². The van der Waals surface area contributed by atoms with Gasteiger partial charge in [-0.1, -0.05) is 18.2 Å². The average Bonchev–Trinajstić information content (AvgIpc) is 3.09. The van der Waals surface area contributed by atoms with Gasteiger partial charge in [-0.3, -0.25) is 0 Å². The molecule has 122 valence electrons. The Morgan fingerprint density at radius 2 is 1.88 bits per heavy atom. The maximum Gasteiger partial charge on any atom is 0.131 e. The molecule has 1 atom stereocenters. The number of aryl methyl sites for hydroxylation is 3. The first-order valence-corrected chi connectivity index (χ1v) is 8.42. The first kappa shape index (κ1) is 14.9. The normalized spacial score (nSPS) is 16.1. The fourth-order valence-corrected chi connectivity index (χ4v) is 3.68. The van der Waals surface area contributed by atoms with E-state index in [4.69, 9.17) is 5.10 Å². The number of fused-ring (bicyclic) bond motifs is 1. The number of hydrogen-bond donors (Lipinski definition) is 1. The van der Waals surface area contributed by atoms with E-state index >= 15 is 0 Å². The minimum absolute atomic E-state index is 0.420. The van der Waals surface area contributed by atoms with Gasteiger partial charge in [-0.05, 0) is 56.9 Å². The fourth-order valence-electron chi connectivity index (χ4n) is 3.68. The molecule has 0 radical (unpaired) electrons. The van der Waals surface area contributed by atoms with Crippen LogP contribution in [0.25, 0.3) is 16.8 Å². The predicted octanol–water partition coefficient (Wildman–Crippen LogP) is 4.22. The summed E-state index contributed by atoms with van der Waals surface area (Å²) in [6, 6.07) is 8.91. The molecule has 0 fully saturated rings. The summed E-state index contributed by atoms with van der Waals surface area (Å²) in [5, 5.41) is 8.23. The quantitative estimate of drug-likeness (QED) is 0.769. The number of rotatable bonds is 2. The lowest BCUT2D eigenvalue weighted by Crippen LogP contribution is -2.09. The molecule has 0 bridgehead atoms. The molecule has 0 spiro atoms. The van der Waals surface area contributed by atoms with Gasteiger partial charge >= 0.3 is 0 Å². The zero-order valence-electron chi connectivity index (χ0n) is 14.6. The molecular weight excluding hydrogens is 296 g/mol. The van der Waals surface area contributed by atoms with Crippen LogP contribution in [-0.2, 0) is 6.42 Å². The number of benzene rings is 1. The molecule has 3 heterocycles. The lowest BCUT2D eigenvalue weighted by molar-refractivity contribution is 0.812. The van der Waals surface area contributed by atoms with Crippen LogP contribution in [0, 0.1) is 20.8 Å².